The van der Waals surface area contributed by atoms with Crippen LogP contribution in [0.15, 0.2) is 23.1 Å². The Bertz CT molecular complexity index is 601. The Hall–Kier alpha value is -1.54. The van der Waals surface area contributed by atoms with Crippen molar-refractivity contribution in [1.29, 1.82) is 0 Å². The van der Waals surface area contributed by atoms with Crippen molar-refractivity contribution in [1.82, 2.24) is 4.72 Å². The van der Waals surface area contributed by atoms with E-state index in [4.69, 9.17) is 0 Å². The first kappa shape index (κ1) is 16.5. The van der Waals surface area contributed by atoms with Crippen LogP contribution in [-0.2, 0) is 19.6 Å². The zero-order valence-corrected chi connectivity index (χ0v) is 12.0. The topological polar surface area (TPSA) is 72.5 Å². The molecule has 0 bridgehead atoms. The molecular formula is C12H15F2NO4S. The summed E-state index contributed by atoms with van der Waals surface area (Å²) < 4.78 is 56.9. The Morgan fingerprint density at radius 3 is 2.35 bits per heavy atom. The molecule has 20 heavy (non-hydrogen) atoms. The molecule has 0 heterocycles. The Morgan fingerprint density at radius 2 is 1.90 bits per heavy atom. The van der Waals surface area contributed by atoms with Crippen molar-refractivity contribution in [2.45, 2.75) is 24.8 Å². The van der Waals surface area contributed by atoms with E-state index in [1.54, 1.807) is 13.8 Å². The van der Waals surface area contributed by atoms with Crippen LogP contribution in [0.25, 0.3) is 0 Å². The number of hydrogen-bond acceptors (Lipinski definition) is 4. The lowest BCUT2D eigenvalue weighted by molar-refractivity contribution is -0.143. The molecule has 112 valence electrons. The maximum atomic E-state index is 13.5. The number of halogens is 2. The van der Waals surface area contributed by atoms with E-state index >= 15 is 0 Å². The average molecular weight is 307 g/mol. The van der Waals surface area contributed by atoms with E-state index in [2.05, 4.69) is 9.46 Å². The predicted octanol–water partition coefficient (Wildman–Crippen LogP) is 1.44. The minimum Gasteiger partial charge on any atom is -0.468 e. The zero-order valence-electron chi connectivity index (χ0n) is 11.2. The predicted molar refractivity (Wildman–Crippen MR) is 67.3 cm³/mol. The van der Waals surface area contributed by atoms with E-state index in [9.17, 15) is 22.0 Å². The number of ether oxygens (including phenoxy) is 1. The number of methoxy groups -OCH3 is 1. The van der Waals surface area contributed by atoms with Gasteiger partial charge < -0.3 is 4.74 Å². The Labute approximate surface area is 116 Å². The first-order chi connectivity index (χ1) is 9.19. The summed E-state index contributed by atoms with van der Waals surface area (Å²) in [5.74, 6) is -3.31. The molecule has 8 heteroatoms. The van der Waals surface area contributed by atoms with Gasteiger partial charge in [-0.2, -0.15) is 4.72 Å². The third-order valence-corrected chi connectivity index (χ3v) is 4.06. The number of carbonyl (C=O) groups is 1. The molecule has 1 aromatic carbocycles. The number of benzene rings is 1. The van der Waals surface area contributed by atoms with Crippen molar-refractivity contribution in [2.24, 2.45) is 5.92 Å². The minimum absolute atomic E-state index is 0.402. The second-order valence-corrected chi connectivity index (χ2v) is 6.12. The van der Waals surface area contributed by atoms with Crippen LogP contribution in [0.3, 0.4) is 0 Å². The molecule has 0 aliphatic heterocycles. The molecule has 5 nitrogen and oxygen atoms in total. The number of hydrogen-bond donors (Lipinski definition) is 1. The Kier molecular flexibility index (Phi) is 5.18. The van der Waals surface area contributed by atoms with Gasteiger partial charge in [0.25, 0.3) is 0 Å². The molecule has 0 radical (unpaired) electrons. The first-order valence-electron chi connectivity index (χ1n) is 5.74. The maximum absolute atomic E-state index is 13.5. The maximum Gasteiger partial charge on any atom is 0.324 e. The number of nitrogens with one attached hydrogen (secondary N) is 1. The standard InChI is InChI=1S/C12H15F2NO4S/c1-7(2)11(12(16)19-3)15-20(17,18)10-5-4-8(13)6-9(10)14/h4-7,11,15H,1-3H3. The summed E-state index contributed by atoms with van der Waals surface area (Å²) in [6, 6.07) is 0.910. The Morgan fingerprint density at radius 1 is 1.30 bits per heavy atom. The third-order valence-electron chi connectivity index (χ3n) is 2.59. The van der Waals surface area contributed by atoms with E-state index in [0.717, 1.165) is 19.2 Å². The molecule has 0 saturated heterocycles. The fraction of sp³-hybridized carbons (Fsp3) is 0.417. The molecule has 0 spiro atoms. The normalized spacial score (nSPS) is 13.3. The molecule has 0 aromatic heterocycles. The van der Waals surface area contributed by atoms with E-state index in [0.29, 0.717) is 6.07 Å². The van der Waals surface area contributed by atoms with Crippen molar-refractivity contribution in [3.63, 3.8) is 0 Å². The molecule has 1 rings (SSSR count). The van der Waals surface area contributed by atoms with Crippen LogP contribution in [0.2, 0.25) is 0 Å². The van der Waals surface area contributed by atoms with Gasteiger partial charge in [0.05, 0.1) is 7.11 Å². The zero-order chi connectivity index (χ0) is 15.5. The number of carbonyl (C=O) groups excluding carboxylic acids is 1. The van der Waals surface area contributed by atoms with Gasteiger partial charge in [0.2, 0.25) is 10.0 Å². The summed E-state index contributed by atoms with van der Waals surface area (Å²) in [7, 11) is -3.18. The molecular weight excluding hydrogens is 292 g/mol. The molecule has 0 fully saturated rings. The molecule has 0 amide bonds. The lowest BCUT2D eigenvalue weighted by atomic mass is 10.1. The number of rotatable bonds is 5. The monoisotopic (exact) mass is 307 g/mol. The van der Waals surface area contributed by atoms with Crippen molar-refractivity contribution < 1.29 is 26.7 Å². The fourth-order valence-electron chi connectivity index (χ4n) is 1.51. The quantitative estimate of drug-likeness (QED) is 0.836. The largest absolute Gasteiger partial charge is 0.468 e. The highest BCUT2D eigenvalue weighted by Gasteiger charge is 2.30. The van der Waals surface area contributed by atoms with Gasteiger partial charge in [0, 0.05) is 6.07 Å². The number of sulfonamides is 1. The summed E-state index contributed by atoms with van der Waals surface area (Å²) in [6.07, 6.45) is 0. The van der Waals surface area contributed by atoms with Crippen LogP contribution < -0.4 is 4.72 Å². The van der Waals surface area contributed by atoms with Crippen molar-refractivity contribution in [3.8, 4) is 0 Å². The second-order valence-electron chi connectivity index (χ2n) is 4.44. The minimum atomic E-state index is -4.30. The van der Waals surface area contributed by atoms with Crippen LogP contribution in [0.1, 0.15) is 13.8 Å². The van der Waals surface area contributed by atoms with E-state index in [1.807, 2.05) is 0 Å². The SMILES string of the molecule is COC(=O)C(NS(=O)(=O)c1ccc(F)cc1F)C(C)C. The molecule has 0 aliphatic carbocycles. The van der Waals surface area contributed by atoms with Gasteiger partial charge in [0.15, 0.2) is 0 Å². The van der Waals surface area contributed by atoms with Crippen LogP contribution in [0.4, 0.5) is 8.78 Å². The molecule has 1 aromatic rings. The van der Waals surface area contributed by atoms with Crippen molar-refractivity contribution >= 4 is 16.0 Å². The van der Waals surface area contributed by atoms with Crippen molar-refractivity contribution in [3.05, 3.63) is 29.8 Å². The molecule has 0 aliphatic rings. The number of esters is 1. The molecule has 1 N–H and O–H groups in total. The van der Waals surface area contributed by atoms with E-state index in [-0.39, 0.29) is 0 Å². The highest BCUT2D eigenvalue weighted by molar-refractivity contribution is 7.89. The second kappa shape index (κ2) is 6.27. The van der Waals surface area contributed by atoms with Crippen LogP contribution in [-0.4, -0.2) is 27.5 Å². The van der Waals surface area contributed by atoms with Crippen molar-refractivity contribution in [2.75, 3.05) is 7.11 Å². The van der Waals surface area contributed by atoms with Crippen LogP contribution in [0, 0.1) is 17.6 Å². The van der Waals surface area contributed by atoms with E-state index in [1.165, 1.54) is 0 Å². The fourth-order valence-corrected chi connectivity index (χ4v) is 2.90. The van der Waals surface area contributed by atoms with Crippen LogP contribution >= 0.6 is 0 Å². The summed E-state index contributed by atoms with van der Waals surface area (Å²) >= 11 is 0. The highest BCUT2D eigenvalue weighted by atomic mass is 32.2. The summed E-state index contributed by atoms with van der Waals surface area (Å²) in [4.78, 5) is 10.8. The molecule has 0 saturated carbocycles. The average Bonchev–Trinajstić information content (AvgIpc) is 2.34. The smallest absolute Gasteiger partial charge is 0.324 e. The van der Waals surface area contributed by atoms with E-state index < -0.39 is 44.5 Å². The first-order valence-corrected chi connectivity index (χ1v) is 7.22. The summed E-state index contributed by atoms with van der Waals surface area (Å²) in [6.45, 7) is 3.20. The van der Waals surface area contributed by atoms with Gasteiger partial charge in [0.1, 0.15) is 22.6 Å². The van der Waals surface area contributed by atoms with Gasteiger partial charge in [-0.15, -0.1) is 0 Å². The molecule has 1 atom stereocenters. The van der Waals surface area contributed by atoms with Gasteiger partial charge in [-0.05, 0) is 18.1 Å². The molecule has 1 unspecified atom stereocenters. The lowest BCUT2D eigenvalue weighted by Crippen LogP contribution is -2.45. The summed E-state index contributed by atoms with van der Waals surface area (Å²) in [5.41, 5.74) is 0. The van der Waals surface area contributed by atoms with Gasteiger partial charge in [-0.25, -0.2) is 17.2 Å². The van der Waals surface area contributed by atoms with Gasteiger partial charge in [-0.1, -0.05) is 13.8 Å². The van der Waals surface area contributed by atoms with Crippen LogP contribution in [0.5, 0.6) is 0 Å². The van der Waals surface area contributed by atoms with Gasteiger partial charge in [-0.3, -0.25) is 4.79 Å². The third kappa shape index (κ3) is 3.73. The summed E-state index contributed by atoms with van der Waals surface area (Å²) in [5, 5.41) is 0. The van der Waals surface area contributed by atoms with Gasteiger partial charge >= 0.3 is 5.97 Å². The lowest BCUT2D eigenvalue weighted by Gasteiger charge is -2.19. The highest BCUT2D eigenvalue weighted by Crippen LogP contribution is 2.17. The Balaban J connectivity index is 3.13.